The Bertz CT molecular complexity index is 1000. The molecular formula is C22H31N7O. The summed E-state index contributed by atoms with van der Waals surface area (Å²) >= 11 is 0. The lowest BCUT2D eigenvalue weighted by molar-refractivity contribution is -0.133. The van der Waals surface area contributed by atoms with Crippen molar-refractivity contribution in [2.75, 3.05) is 0 Å². The summed E-state index contributed by atoms with van der Waals surface area (Å²) in [7, 11) is 0. The van der Waals surface area contributed by atoms with E-state index in [2.05, 4.69) is 59.2 Å². The van der Waals surface area contributed by atoms with Crippen LogP contribution in [-0.2, 0) is 10.3 Å². The molecule has 3 aromatic rings. The van der Waals surface area contributed by atoms with Crippen LogP contribution in [0.4, 0.5) is 0 Å². The molecule has 1 aromatic carbocycles. The Hall–Kier alpha value is -2.77. The summed E-state index contributed by atoms with van der Waals surface area (Å²) < 4.78 is 3.90. The molecule has 1 atom stereocenters. The second kappa shape index (κ2) is 8.16. The van der Waals surface area contributed by atoms with Crippen LogP contribution in [0.5, 0.6) is 0 Å². The minimum absolute atomic E-state index is 0.0180. The van der Waals surface area contributed by atoms with Crippen molar-refractivity contribution in [3.8, 4) is 0 Å². The van der Waals surface area contributed by atoms with Crippen LogP contribution in [0.3, 0.4) is 0 Å². The number of amides is 1. The minimum atomic E-state index is -0.733. The number of nitrogens with zero attached hydrogens (tertiary/aromatic N) is 6. The highest BCUT2D eigenvalue weighted by molar-refractivity contribution is 5.85. The molecule has 0 spiro atoms. The first kappa shape index (κ1) is 20.5. The van der Waals surface area contributed by atoms with Gasteiger partial charge in [-0.25, -0.2) is 9.67 Å². The lowest BCUT2D eigenvalue weighted by Crippen LogP contribution is -2.52. The fourth-order valence-corrected chi connectivity index (χ4v) is 4.68. The minimum Gasteiger partial charge on any atom is -0.344 e. The van der Waals surface area contributed by atoms with Gasteiger partial charge in [0.15, 0.2) is 0 Å². The summed E-state index contributed by atoms with van der Waals surface area (Å²) in [6.45, 7) is 8.56. The third kappa shape index (κ3) is 3.48. The van der Waals surface area contributed by atoms with Crippen molar-refractivity contribution in [1.82, 2.24) is 35.1 Å². The number of aromatic nitrogens is 6. The van der Waals surface area contributed by atoms with E-state index in [1.807, 2.05) is 18.2 Å². The van der Waals surface area contributed by atoms with E-state index in [0.29, 0.717) is 0 Å². The Morgan fingerprint density at radius 3 is 2.47 bits per heavy atom. The first-order valence-corrected chi connectivity index (χ1v) is 11.0. The van der Waals surface area contributed by atoms with Crippen LogP contribution in [0.15, 0.2) is 30.6 Å². The van der Waals surface area contributed by atoms with Crippen LogP contribution in [0, 0.1) is 5.92 Å². The number of benzene rings is 1. The van der Waals surface area contributed by atoms with Gasteiger partial charge in [0.25, 0.3) is 0 Å². The molecule has 0 radical (unpaired) electrons. The topological polar surface area (TPSA) is 90.5 Å². The van der Waals surface area contributed by atoms with Gasteiger partial charge in [-0.2, -0.15) is 0 Å². The van der Waals surface area contributed by atoms with Crippen LogP contribution in [0.25, 0.3) is 11.0 Å². The predicted molar refractivity (Wildman–Crippen MR) is 115 cm³/mol. The predicted octanol–water partition coefficient (Wildman–Crippen LogP) is 3.78. The third-order valence-electron chi connectivity index (χ3n) is 6.26. The fraction of sp³-hybridized carbons (Fsp3) is 0.591. The standard InChI is InChI=1S/C22H31N7O/c1-15(2)19(20-24-17-10-6-7-11-18(17)29(20)16(3)4)25-21(30)22(12-8-5-9-13-22)28-14-23-26-27-28/h6-7,10-11,14-16,19H,5,8-9,12-13H2,1-4H3,(H,25,30)/t19-/m1/s1. The average Bonchev–Trinajstić information content (AvgIpc) is 3.40. The van der Waals surface area contributed by atoms with Gasteiger partial charge in [0.05, 0.1) is 17.1 Å². The molecule has 2 heterocycles. The number of fused-ring (bicyclic) bond motifs is 1. The van der Waals surface area contributed by atoms with Crippen molar-refractivity contribution in [2.45, 2.75) is 77.4 Å². The molecule has 2 aromatic heterocycles. The van der Waals surface area contributed by atoms with Crippen molar-refractivity contribution in [1.29, 1.82) is 0 Å². The third-order valence-corrected chi connectivity index (χ3v) is 6.26. The summed E-state index contributed by atoms with van der Waals surface area (Å²) in [5.41, 5.74) is 1.31. The van der Waals surface area contributed by atoms with Gasteiger partial charge in [0.1, 0.15) is 17.7 Å². The van der Waals surface area contributed by atoms with Gasteiger partial charge >= 0.3 is 0 Å². The first-order valence-electron chi connectivity index (χ1n) is 11.0. The van der Waals surface area contributed by atoms with Gasteiger partial charge < -0.3 is 9.88 Å². The monoisotopic (exact) mass is 409 g/mol. The van der Waals surface area contributed by atoms with Crippen LogP contribution in [0.1, 0.15) is 77.7 Å². The Balaban J connectivity index is 1.73. The maximum absolute atomic E-state index is 13.7. The molecule has 1 saturated carbocycles. The van der Waals surface area contributed by atoms with Gasteiger partial charge in [0.2, 0.25) is 5.91 Å². The quantitative estimate of drug-likeness (QED) is 0.669. The summed E-state index contributed by atoms with van der Waals surface area (Å²) in [5, 5.41) is 15.1. The number of nitrogens with one attached hydrogen (secondary N) is 1. The second-order valence-electron chi connectivity index (χ2n) is 8.96. The smallest absolute Gasteiger partial charge is 0.248 e. The highest BCUT2D eigenvalue weighted by Crippen LogP contribution is 2.36. The molecule has 0 unspecified atom stereocenters. The van der Waals surface area contributed by atoms with Crippen molar-refractivity contribution < 1.29 is 4.79 Å². The molecular weight excluding hydrogens is 378 g/mol. The number of carbonyl (C=O) groups is 1. The Morgan fingerprint density at radius 1 is 1.10 bits per heavy atom. The number of hydrogen-bond donors (Lipinski definition) is 1. The van der Waals surface area contributed by atoms with E-state index in [4.69, 9.17) is 4.98 Å². The number of imidazole rings is 1. The molecule has 0 aliphatic heterocycles. The van der Waals surface area contributed by atoms with Gasteiger partial charge in [-0.1, -0.05) is 45.2 Å². The van der Waals surface area contributed by atoms with Crippen molar-refractivity contribution in [3.63, 3.8) is 0 Å². The van der Waals surface area contributed by atoms with Gasteiger partial charge in [0, 0.05) is 6.04 Å². The van der Waals surface area contributed by atoms with Crippen LogP contribution < -0.4 is 5.32 Å². The van der Waals surface area contributed by atoms with E-state index in [0.717, 1.165) is 49.0 Å². The number of tetrazole rings is 1. The normalized spacial score (nSPS) is 17.5. The SMILES string of the molecule is CC(C)[C@@H](NC(=O)C1(n2cnnn2)CCCCC1)c1nc2ccccc2n1C(C)C. The fourth-order valence-electron chi connectivity index (χ4n) is 4.68. The molecule has 160 valence electrons. The van der Waals surface area contributed by atoms with E-state index < -0.39 is 5.54 Å². The van der Waals surface area contributed by atoms with Crippen LogP contribution in [-0.4, -0.2) is 35.7 Å². The highest BCUT2D eigenvalue weighted by atomic mass is 16.2. The lowest BCUT2D eigenvalue weighted by Gasteiger charge is -2.37. The van der Waals surface area contributed by atoms with E-state index >= 15 is 0 Å². The maximum Gasteiger partial charge on any atom is 0.248 e. The number of hydrogen-bond acceptors (Lipinski definition) is 5. The van der Waals surface area contributed by atoms with Gasteiger partial charge in [-0.15, -0.1) is 5.10 Å². The molecule has 4 rings (SSSR count). The second-order valence-corrected chi connectivity index (χ2v) is 8.96. The molecule has 1 aliphatic rings. The molecule has 1 N–H and O–H groups in total. The summed E-state index contributed by atoms with van der Waals surface area (Å²) in [5.74, 6) is 1.06. The van der Waals surface area contributed by atoms with Crippen molar-refractivity contribution in [2.24, 2.45) is 5.92 Å². The molecule has 0 bridgehead atoms. The zero-order valence-corrected chi connectivity index (χ0v) is 18.2. The van der Waals surface area contributed by atoms with Crippen molar-refractivity contribution >= 4 is 16.9 Å². The largest absolute Gasteiger partial charge is 0.344 e. The Morgan fingerprint density at radius 2 is 1.83 bits per heavy atom. The number of para-hydroxylation sites is 2. The molecule has 1 fully saturated rings. The van der Waals surface area contributed by atoms with E-state index in [1.54, 1.807) is 11.0 Å². The van der Waals surface area contributed by atoms with Crippen LogP contribution >= 0.6 is 0 Å². The average molecular weight is 410 g/mol. The van der Waals surface area contributed by atoms with Crippen molar-refractivity contribution in [3.05, 3.63) is 36.4 Å². The zero-order valence-electron chi connectivity index (χ0n) is 18.2. The summed E-state index contributed by atoms with van der Waals surface area (Å²) in [6, 6.07) is 8.18. The molecule has 1 aliphatic carbocycles. The van der Waals surface area contributed by atoms with E-state index in [-0.39, 0.29) is 23.9 Å². The maximum atomic E-state index is 13.7. The zero-order chi connectivity index (χ0) is 21.3. The molecule has 8 nitrogen and oxygen atoms in total. The molecule has 0 saturated heterocycles. The summed E-state index contributed by atoms with van der Waals surface area (Å²) in [4.78, 5) is 18.7. The summed E-state index contributed by atoms with van der Waals surface area (Å²) in [6.07, 6.45) is 6.17. The Labute approximate surface area is 177 Å². The highest BCUT2D eigenvalue weighted by Gasteiger charge is 2.44. The first-order chi connectivity index (χ1) is 14.4. The number of carbonyl (C=O) groups excluding carboxylic acids is 1. The number of rotatable bonds is 6. The lowest BCUT2D eigenvalue weighted by atomic mass is 9.80. The molecule has 8 heteroatoms. The van der Waals surface area contributed by atoms with E-state index in [1.165, 1.54) is 0 Å². The molecule has 30 heavy (non-hydrogen) atoms. The molecule has 1 amide bonds. The van der Waals surface area contributed by atoms with Gasteiger partial charge in [-0.05, 0) is 55.2 Å². The van der Waals surface area contributed by atoms with E-state index in [9.17, 15) is 4.79 Å². The Kier molecular flexibility index (Phi) is 5.58. The van der Waals surface area contributed by atoms with Gasteiger partial charge in [-0.3, -0.25) is 4.79 Å². The van der Waals surface area contributed by atoms with Crippen LogP contribution in [0.2, 0.25) is 0 Å².